The number of hydrogen-bond donors (Lipinski definition) is 2. The fourth-order valence-corrected chi connectivity index (χ4v) is 3.09. The van der Waals surface area contributed by atoms with E-state index < -0.39 is 10.0 Å². The summed E-state index contributed by atoms with van der Waals surface area (Å²) in [5.41, 5.74) is 0.992. The van der Waals surface area contributed by atoms with Crippen molar-refractivity contribution in [2.24, 2.45) is 0 Å². The first-order valence-corrected chi connectivity index (χ1v) is 7.50. The number of aromatic nitrogens is 2. The summed E-state index contributed by atoms with van der Waals surface area (Å²) in [5.74, 6) is 0.726. The highest BCUT2D eigenvalue weighted by Gasteiger charge is 2.16. The molecule has 0 unspecified atom stereocenters. The van der Waals surface area contributed by atoms with Crippen LogP contribution in [-0.2, 0) is 16.4 Å². The normalized spacial score (nSPS) is 11.2. The molecule has 104 valence electrons. The van der Waals surface area contributed by atoms with E-state index in [2.05, 4.69) is 14.7 Å². The molecule has 0 atom stereocenters. The van der Waals surface area contributed by atoms with Crippen LogP contribution in [-0.4, -0.2) is 24.9 Å². The van der Waals surface area contributed by atoms with Gasteiger partial charge in [-0.3, -0.25) is 0 Å². The Bertz CT molecular complexity index is 730. The maximum absolute atomic E-state index is 12.2. The molecule has 7 heteroatoms. The predicted molar refractivity (Wildman–Crippen MR) is 73.4 cm³/mol. The zero-order valence-corrected chi connectivity index (χ0v) is 11.7. The summed E-state index contributed by atoms with van der Waals surface area (Å²) in [6.45, 7) is 1.93. The number of nitrogens with zero attached hydrogens (tertiary/aromatic N) is 2. The highest BCUT2D eigenvalue weighted by atomic mass is 32.2. The Balaban J connectivity index is 2.08. The third kappa shape index (κ3) is 3.23. The number of nitriles is 1. The number of rotatable bonds is 5. The summed E-state index contributed by atoms with van der Waals surface area (Å²) in [6.07, 6.45) is 3.80. The van der Waals surface area contributed by atoms with E-state index in [-0.39, 0.29) is 11.4 Å². The van der Waals surface area contributed by atoms with Crippen LogP contribution in [0.4, 0.5) is 0 Å². The van der Waals surface area contributed by atoms with Crippen LogP contribution >= 0.6 is 0 Å². The first-order valence-electron chi connectivity index (χ1n) is 6.01. The number of nitrogens with one attached hydrogen (secondary N) is 2. The molecule has 0 aliphatic carbocycles. The lowest BCUT2D eigenvalue weighted by Gasteiger charge is -2.08. The number of benzene rings is 1. The summed E-state index contributed by atoms with van der Waals surface area (Å²) >= 11 is 0. The third-order valence-electron chi connectivity index (χ3n) is 2.80. The van der Waals surface area contributed by atoms with Gasteiger partial charge in [-0.05, 0) is 30.7 Å². The molecule has 0 aliphatic rings. The maximum atomic E-state index is 12.2. The average Bonchev–Trinajstić information content (AvgIpc) is 2.91. The van der Waals surface area contributed by atoms with E-state index in [1.807, 2.05) is 6.07 Å². The lowest BCUT2D eigenvalue weighted by molar-refractivity contribution is 0.580. The highest BCUT2D eigenvalue weighted by molar-refractivity contribution is 7.89. The van der Waals surface area contributed by atoms with E-state index in [1.54, 1.807) is 25.4 Å². The van der Waals surface area contributed by atoms with Gasteiger partial charge < -0.3 is 4.98 Å². The van der Waals surface area contributed by atoms with Crippen LogP contribution in [0, 0.1) is 18.3 Å². The number of sulfonamides is 1. The standard InChI is InChI=1S/C13H14N4O2S/c1-10-8-11(9-14)2-3-12(10)20(18,19)17-5-4-13-15-6-7-16-13/h2-3,6-8,17H,4-5H2,1H3,(H,15,16). The van der Waals surface area contributed by atoms with Crippen molar-refractivity contribution in [3.8, 4) is 6.07 Å². The lowest BCUT2D eigenvalue weighted by Crippen LogP contribution is -2.26. The van der Waals surface area contributed by atoms with Crippen molar-refractivity contribution in [1.82, 2.24) is 14.7 Å². The van der Waals surface area contributed by atoms with Gasteiger partial charge in [-0.1, -0.05) is 0 Å². The van der Waals surface area contributed by atoms with Gasteiger partial charge in [0, 0.05) is 25.4 Å². The monoisotopic (exact) mass is 290 g/mol. The minimum Gasteiger partial charge on any atom is -0.349 e. The molecule has 2 aromatic rings. The summed E-state index contributed by atoms with van der Waals surface area (Å²) in [6, 6.07) is 6.48. The molecule has 0 radical (unpaired) electrons. The Hall–Kier alpha value is -2.17. The van der Waals surface area contributed by atoms with Crippen molar-refractivity contribution < 1.29 is 8.42 Å². The number of aromatic amines is 1. The molecular weight excluding hydrogens is 276 g/mol. The Labute approximate surface area is 117 Å². The molecule has 0 amide bonds. The zero-order valence-electron chi connectivity index (χ0n) is 10.9. The van der Waals surface area contributed by atoms with E-state index >= 15 is 0 Å². The SMILES string of the molecule is Cc1cc(C#N)ccc1S(=O)(=O)NCCc1ncc[nH]1. The Morgan fingerprint density at radius 3 is 2.85 bits per heavy atom. The van der Waals surface area contributed by atoms with E-state index in [1.165, 1.54) is 12.1 Å². The molecule has 0 spiro atoms. The molecule has 1 aromatic heterocycles. The van der Waals surface area contributed by atoms with Crippen LogP contribution in [0.5, 0.6) is 0 Å². The van der Waals surface area contributed by atoms with Crippen molar-refractivity contribution in [2.45, 2.75) is 18.2 Å². The van der Waals surface area contributed by atoms with Crippen molar-refractivity contribution in [2.75, 3.05) is 6.54 Å². The van der Waals surface area contributed by atoms with E-state index in [0.29, 0.717) is 17.5 Å². The van der Waals surface area contributed by atoms with E-state index in [9.17, 15) is 8.42 Å². The van der Waals surface area contributed by atoms with Crippen LogP contribution in [0.3, 0.4) is 0 Å². The first kappa shape index (κ1) is 14.2. The van der Waals surface area contributed by atoms with Crippen molar-refractivity contribution in [3.63, 3.8) is 0 Å². The van der Waals surface area contributed by atoms with Gasteiger partial charge in [-0.25, -0.2) is 18.1 Å². The maximum Gasteiger partial charge on any atom is 0.240 e. The average molecular weight is 290 g/mol. The number of hydrogen-bond acceptors (Lipinski definition) is 4. The van der Waals surface area contributed by atoms with Crippen LogP contribution in [0.2, 0.25) is 0 Å². The van der Waals surface area contributed by atoms with Crippen LogP contribution < -0.4 is 4.72 Å². The zero-order chi connectivity index (χ0) is 14.6. The third-order valence-corrected chi connectivity index (χ3v) is 4.42. The predicted octanol–water partition coefficient (Wildman–Crippen LogP) is 1.11. The second-order valence-corrected chi connectivity index (χ2v) is 6.01. The fourth-order valence-electron chi connectivity index (χ4n) is 1.84. The highest BCUT2D eigenvalue weighted by Crippen LogP contribution is 2.16. The fraction of sp³-hybridized carbons (Fsp3) is 0.231. The molecule has 0 bridgehead atoms. The molecule has 2 rings (SSSR count). The summed E-state index contributed by atoms with van der Waals surface area (Å²) in [4.78, 5) is 7.12. The van der Waals surface area contributed by atoms with Crippen molar-refractivity contribution in [3.05, 3.63) is 47.5 Å². The smallest absolute Gasteiger partial charge is 0.240 e. The molecule has 0 saturated heterocycles. The molecule has 0 saturated carbocycles. The van der Waals surface area contributed by atoms with Gasteiger partial charge in [-0.15, -0.1) is 0 Å². The van der Waals surface area contributed by atoms with Gasteiger partial charge in [0.15, 0.2) is 0 Å². The van der Waals surface area contributed by atoms with E-state index in [0.717, 1.165) is 5.82 Å². The molecule has 0 aliphatic heterocycles. The van der Waals surface area contributed by atoms with Crippen LogP contribution in [0.15, 0.2) is 35.5 Å². The molecule has 1 aromatic carbocycles. The Morgan fingerprint density at radius 2 is 2.25 bits per heavy atom. The Kier molecular flexibility index (Phi) is 4.17. The number of H-pyrrole nitrogens is 1. The second-order valence-electron chi connectivity index (χ2n) is 4.28. The Morgan fingerprint density at radius 1 is 1.45 bits per heavy atom. The van der Waals surface area contributed by atoms with Gasteiger partial charge >= 0.3 is 0 Å². The van der Waals surface area contributed by atoms with Gasteiger partial charge in [-0.2, -0.15) is 5.26 Å². The van der Waals surface area contributed by atoms with Gasteiger partial charge in [0.25, 0.3) is 0 Å². The van der Waals surface area contributed by atoms with E-state index in [4.69, 9.17) is 5.26 Å². The summed E-state index contributed by atoms with van der Waals surface area (Å²) in [5, 5.41) is 8.78. The lowest BCUT2D eigenvalue weighted by atomic mass is 10.2. The molecule has 6 nitrogen and oxygen atoms in total. The van der Waals surface area contributed by atoms with Crippen LogP contribution in [0.1, 0.15) is 17.0 Å². The van der Waals surface area contributed by atoms with Crippen molar-refractivity contribution >= 4 is 10.0 Å². The van der Waals surface area contributed by atoms with Crippen molar-refractivity contribution in [1.29, 1.82) is 5.26 Å². The summed E-state index contributed by atoms with van der Waals surface area (Å²) in [7, 11) is -3.57. The first-order chi connectivity index (χ1) is 9.53. The summed E-state index contributed by atoms with van der Waals surface area (Å²) < 4.78 is 26.8. The minimum absolute atomic E-state index is 0.191. The topological polar surface area (TPSA) is 98.6 Å². The molecule has 20 heavy (non-hydrogen) atoms. The van der Waals surface area contributed by atoms with Gasteiger partial charge in [0.2, 0.25) is 10.0 Å². The molecule has 0 fully saturated rings. The second kappa shape index (κ2) is 5.86. The minimum atomic E-state index is -3.57. The molecule has 1 heterocycles. The quantitative estimate of drug-likeness (QED) is 0.861. The number of imidazole rings is 1. The molecular formula is C13H14N4O2S. The largest absolute Gasteiger partial charge is 0.349 e. The van der Waals surface area contributed by atoms with Crippen LogP contribution in [0.25, 0.3) is 0 Å². The molecule has 2 N–H and O–H groups in total. The van der Waals surface area contributed by atoms with Gasteiger partial charge in [0.05, 0.1) is 16.5 Å². The van der Waals surface area contributed by atoms with Gasteiger partial charge in [0.1, 0.15) is 5.82 Å². The number of aryl methyl sites for hydroxylation is 1.